The number of aryl methyl sites for hydroxylation is 1. The number of ether oxygens (including phenoxy) is 1. The van der Waals surface area contributed by atoms with Gasteiger partial charge in [0.1, 0.15) is 5.75 Å². The molecule has 0 saturated heterocycles. The number of rotatable bonds is 8. The average molecular weight is 336 g/mol. The first kappa shape index (κ1) is 18.0. The van der Waals surface area contributed by atoms with Crippen LogP contribution < -0.4 is 15.0 Å². The monoisotopic (exact) mass is 336 g/mol. The van der Waals surface area contributed by atoms with Gasteiger partial charge in [-0.25, -0.2) is 0 Å². The van der Waals surface area contributed by atoms with Crippen molar-refractivity contribution in [2.24, 2.45) is 0 Å². The molecule has 2 aromatic carbocycles. The minimum absolute atomic E-state index is 0.0940. The molecule has 0 saturated carbocycles. The highest BCUT2D eigenvalue weighted by molar-refractivity contribution is 5.55. The van der Waals surface area contributed by atoms with E-state index in [1.54, 1.807) is 19.1 Å². The molecule has 0 aliphatic carbocycles. The van der Waals surface area contributed by atoms with Crippen LogP contribution in [0, 0.1) is 6.92 Å². The van der Waals surface area contributed by atoms with E-state index in [0.717, 1.165) is 11.4 Å². The third-order valence-corrected chi connectivity index (χ3v) is 3.73. The van der Waals surface area contributed by atoms with Crippen molar-refractivity contribution >= 4 is 11.4 Å². The number of benzene rings is 2. The molecule has 4 nitrogen and oxygen atoms in total. The summed E-state index contributed by atoms with van der Waals surface area (Å²) in [6, 6.07) is 13.0. The van der Waals surface area contributed by atoms with Crippen molar-refractivity contribution in [3.63, 3.8) is 0 Å². The molecule has 0 atom stereocenters. The Bertz CT molecular complexity index is 648. The smallest absolute Gasteiger partial charge is 0.387 e. The number of anilines is 2. The Hall–Kier alpha value is -2.34. The molecule has 6 heteroatoms. The average Bonchev–Trinajstić information content (AvgIpc) is 2.56. The SMILES string of the molecule is Cc1cccc(CNc2ccc(N(C)CCO)cc2)c1OC(F)F. The van der Waals surface area contributed by atoms with Gasteiger partial charge in [-0.3, -0.25) is 0 Å². The molecule has 0 heterocycles. The summed E-state index contributed by atoms with van der Waals surface area (Å²) in [5, 5.41) is 12.2. The number of nitrogens with one attached hydrogen (secondary N) is 1. The predicted octanol–water partition coefficient (Wildman–Crippen LogP) is 3.64. The second-order valence-electron chi connectivity index (χ2n) is 5.49. The fourth-order valence-corrected chi connectivity index (χ4v) is 2.42. The quantitative estimate of drug-likeness (QED) is 0.773. The normalized spacial score (nSPS) is 10.8. The van der Waals surface area contributed by atoms with Gasteiger partial charge in [0.05, 0.1) is 6.61 Å². The zero-order valence-corrected chi connectivity index (χ0v) is 13.8. The number of alkyl halides is 2. The van der Waals surface area contributed by atoms with E-state index in [4.69, 9.17) is 5.11 Å². The van der Waals surface area contributed by atoms with Crippen LogP contribution in [0.15, 0.2) is 42.5 Å². The lowest BCUT2D eigenvalue weighted by atomic mass is 10.1. The van der Waals surface area contributed by atoms with E-state index in [2.05, 4.69) is 10.1 Å². The van der Waals surface area contributed by atoms with Crippen LogP contribution >= 0.6 is 0 Å². The largest absolute Gasteiger partial charge is 0.434 e. The summed E-state index contributed by atoms with van der Waals surface area (Å²) in [5.41, 5.74) is 3.22. The third-order valence-electron chi connectivity index (χ3n) is 3.73. The first-order valence-electron chi connectivity index (χ1n) is 7.70. The van der Waals surface area contributed by atoms with Crippen molar-refractivity contribution in [1.82, 2.24) is 0 Å². The van der Waals surface area contributed by atoms with Gasteiger partial charge in [0.15, 0.2) is 0 Å². The van der Waals surface area contributed by atoms with Crippen LogP contribution in [0.3, 0.4) is 0 Å². The molecule has 0 unspecified atom stereocenters. The van der Waals surface area contributed by atoms with Crippen molar-refractivity contribution in [3.8, 4) is 5.75 Å². The highest BCUT2D eigenvalue weighted by Gasteiger charge is 2.12. The maximum absolute atomic E-state index is 12.6. The van der Waals surface area contributed by atoms with E-state index in [9.17, 15) is 8.78 Å². The second-order valence-corrected chi connectivity index (χ2v) is 5.49. The van der Waals surface area contributed by atoms with Gasteiger partial charge in [-0.1, -0.05) is 18.2 Å². The molecular formula is C18H22F2N2O2. The third kappa shape index (κ3) is 4.83. The number of likely N-dealkylation sites (N-methyl/N-ethyl adjacent to an activating group) is 1. The summed E-state index contributed by atoms with van der Waals surface area (Å²) < 4.78 is 29.8. The minimum Gasteiger partial charge on any atom is -0.434 e. The molecule has 130 valence electrons. The van der Waals surface area contributed by atoms with Gasteiger partial charge in [-0.05, 0) is 36.8 Å². The van der Waals surface area contributed by atoms with Gasteiger partial charge in [-0.15, -0.1) is 0 Å². The Morgan fingerprint density at radius 2 is 1.88 bits per heavy atom. The molecule has 2 rings (SSSR count). The van der Waals surface area contributed by atoms with Crippen molar-refractivity contribution < 1.29 is 18.6 Å². The van der Waals surface area contributed by atoms with Crippen LogP contribution in [0.25, 0.3) is 0 Å². The molecule has 0 aliphatic rings. The van der Waals surface area contributed by atoms with Gasteiger partial charge >= 0.3 is 6.61 Å². The number of aliphatic hydroxyl groups excluding tert-OH is 1. The molecule has 2 aromatic rings. The molecule has 2 N–H and O–H groups in total. The number of para-hydroxylation sites is 1. The molecule has 0 bridgehead atoms. The van der Waals surface area contributed by atoms with Gasteiger partial charge in [-0.2, -0.15) is 8.78 Å². The lowest BCUT2D eigenvalue weighted by Gasteiger charge is -2.18. The highest BCUT2D eigenvalue weighted by atomic mass is 19.3. The summed E-state index contributed by atoms with van der Waals surface area (Å²) >= 11 is 0. The molecule has 24 heavy (non-hydrogen) atoms. The molecule has 0 radical (unpaired) electrons. The number of halogens is 2. The van der Waals surface area contributed by atoms with Crippen molar-refractivity contribution in [1.29, 1.82) is 0 Å². The summed E-state index contributed by atoms with van der Waals surface area (Å²) in [5.74, 6) is 0.222. The Balaban J connectivity index is 2.04. The molecule has 0 aromatic heterocycles. The Labute approximate surface area is 140 Å². The van der Waals surface area contributed by atoms with Crippen molar-refractivity contribution in [2.75, 3.05) is 30.4 Å². The zero-order chi connectivity index (χ0) is 17.5. The van der Waals surface area contributed by atoms with Gasteiger partial charge in [0.2, 0.25) is 0 Å². The number of hydrogen-bond donors (Lipinski definition) is 2. The fourth-order valence-electron chi connectivity index (χ4n) is 2.42. The van der Waals surface area contributed by atoms with E-state index in [1.165, 1.54) is 0 Å². The number of nitrogens with zero attached hydrogens (tertiary/aromatic N) is 1. The maximum Gasteiger partial charge on any atom is 0.387 e. The second kappa shape index (κ2) is 8.49. The topological polar surface area (TPSA) is 44.7 Å². The van der Waals surface area contributed by atoms with Crippen molar-refractivity contribution in [3.05, 3.63) is 53.6 Å². The van der Waals surface area contributed by atoms with E-state index in [1.807, 2.05) is 42.3 Å². The van der Waals surface area contributed by atoms with Crippen LogP contribution in [-0.4, -0.2) is 31.9 Å². The zero-order valence-electron chi connectivity index (χ0n) is 13.8. The maximum atomic E-state index is 12.6. The van der Waals surface area contributed by atoms with E-state index in [0.29, 0.717) is 24.2 Å². The van der Waals surface area contributed by atoms with E-state index >= 15 is 0 Å². The Morgan fingerprint density at radius 3 is 2.50 bits per heavy atom. The van der Waals surface area contributed by atoms with E-state index < -0.39 is 6.61 Å². The highest BCUT2D eigenvalue weighted by Crippen LogP contribution is 2.26. The summed E-state index contributed by atoms with van der Waals surface area (Å²) in [7, 11) is 1.90. The number of hydrogen-bond acceptors (Lipinski definition) is 4. The molecular weight excluding hydrogens is 314 g/mol. The predicted molar refractivity (Wildman–Crippen MR) is 91.9 cm³/mol. The summed E-state index contributed by atoms with van der Waals surface area (Å²) in [4.78, 5) is 1.94. The number of aliphatic hydroxyl groups is 1. The fraction of sp³-hybridized carbons (Fsp3) is 0.333. The van der Waals surface area contributed by atoms with Crippen LogP contribution in [0.2, 0.25) is 0 Å². The van der Waals surface area contributed by atoms with E-state index in [-0.39, 0.29) is 12.4 Å². The summed E-state index contributed by atoms with van der Waals surface area (Å²) in [6.45, 7) is -0.0600. The van der Waals surface area contributed by atoms with Gasteiger partial charge < -0.3 is 20.1 Å². The van der Waals surface area contributed by atoms with Crippen LogP contribution in [0.4, 0.5) is 20.2 Å². The molecule has 0 fully saturated rings. The van der Waals surface area contributed by atoms with Gasteiger partial charge in [0.25, 0.3) is 0 Å². The first-order valence-corrected chi connectivity index (χ1v) is 7.70. The molecule has 0 aliphatic heterocycles. The van der Waals surface area contributed by atoms with Gasteiger partial charge in [0, 0.05) is 37.1 Å². The standard InChI is InChI=1S/C18H22F2N2O2/c1-13-4-3-5-14(17(13)24-18(19)20)12-21-15-6-8-16(9-7-15)22(2)10-11-23/h3-9,18,21,23H,10-12H2,1-2H3. The Morgan fingerprint density at radius 1 is 1.17 bits per heavy atom. The lowest BCUT2D eigenvalue weighted by Crippen LogP contribution is -2.20. The summed E-state index contributed by atoms with van der Waals surface area (Å²) in [6.07, 6.45) is 0. The molecule has 0 amide bonds. The Kier molecular flexibility index (Phi) is 6.37. The van der Waals surface area contributed by atoms with Crippen LogP contribution in [-0.2, 0) is 6.54 Å². The lowest BCUT2D eigenvalue weighted by molar-refractivity contribution is -0.0508. The minimum atomic E-state index is -2.84. The van der Waals surface area contributed by atoms with Crippen LogP contribution in [0.1, 0.15) is 11.1 Å². The molecule has 0 spiro atoms. The first-order chi connectivity index (χ1) is 11.5. The van der Waals surface area contributed by atoms with Crippen LogP contribution in [0.5, 0.6) is 5.75 Å². The van der Waals surface area contributed by atoms with Crippen molar-refractivity contribution in [2.45, 2.75) is 20.1 Å².